The maximum atomic E-state index is 14.7. The maximum absolute atomic E-state index is 14.7. The van der Waals surface area contributed by atoms with Crippen LogP contribution in [0.4, 0.5) is 0 Å². The third-order valence-electron chi connectivity index (χ3n) is 8.10. The molecule has 1 heterocycles. The second-order valence-corrected chi connectivity index (χ2v) is 12.1. The van der Waals surface area contributed by atoms with Gasteiger partial charge in [0.05, 0.1) is 27.4 Å². The zero-order valence-corrected chi connectivity index (χ0v) is 28.9. The number of ether oxygens (including phenoxy) is 4. The van der Waals surface area contributed by atoms with E-state index in [2.05, 4.69) is 20.9 Å². The summed E-state index contributed by atoms with van der Waals surface area (Å²) in [5.41, 5.74) is 16.7. The lowest BCUT2D eigenvalue weighted by Crippen LogP contribution is -2.53. The van der Waals surface area contributed by atoms with Gasteiger partial charge in [0.15, 0.2) is 23.1 Å². The molecular formula is C36H36Cl2N6O6. The van der Waals surface area contributed by atoms with Crippen molar-refractivity contribution in [2.45, 2.75) is 37.6 Å². The van der Waals surface area contributed by atoms with E-state index in [0.717, 1.165) is 16.7 Å². The molecule has 5 rings (SSSR count). The molecule has 50 heavy (non-hydrogen) atoms. The Hall–Kier alpha value is -4.97. The van der Waals surface area contributed by atoms with Gasteiger partial charge in [0, 0.05) is 52.1 Å². The summed E-state index contributed by atoms with van der Waals surface area (Å²) >= 11 is 13.1. The number of aliphatic imine (C=N–C) groups is 1. The van der Waals surface area contributed by atoms with E-state index in [4.69, 9.17) is 57.8 Å². The van der Waals surface area contributed by atoms with Crippen molar-refractivity contribution in [3.63, 3.8) is 0 Å². The van der Waals surface area contributed by atoms with Crippen LogP contribution in [0.1, 0.15) is 40.3 Å². The minimum atomic E-state index is -1.61. The fourth-order valence-electron chi connectivity index (χ4n) is 5.58. The number of aliphatic hydroxyl groups excluding tert-OH is 1. The molecule has 4 aromatic carbocycles. The van der Waals surface area contributed by atoms with Crippen LogP contribution in [0.2, 0.25) is 10.0 Å². The van der Waals surface area contributed by atoms with E-state index in [9.17, 15) is 4.79 Å². The maximum Gasteiger partial charge on any atom is 0.266 e. The Labute approximate surface area is 299 Å². The molecular weight excluding hydrogens is 683 g/mol. The molecule has 1 aliphatic rings. The summed E-state index contributed by atoms with van der Waals surface area (Å²) in [5.74, 6) is 1.45. The van der Waals surface area contributed by atoms with Gasteiger partial charge in [0.2, 0.25) is 5.90 Å². The van der Waals surface area contributed by atoms with Crippen LogP contribution in [0, 0.1) is 0 Å². The number of hydrogen-bond acceptors (Lipinski definition) is 9. The Kier molecular flexibility index (Phi) is 12.4. The number of nitrogens with zero attached hydrogens (tertiary/aromatic N) is 4. The van der Waals surface area contributed by atoms with Crippen molar-refractivity contribution < 1.29 is 28.8 Å². The zero-order valence-electron chi connectivity index (χ0n) is 27.4. The first-order valence-corrected chi connectivity index (χ1v) is 16.4. The van der Waals surface area contributed by atoms with Gasteiger partial charge in [-0.3, -0.25) is 10.2 Å². The smallest absolute Gasteiger partial charge is 0.266 e. The number of carbonyl (C=O) groups excluding carboxylic acids is 1. The normalized spacial score (nSPS) is 16.5. The van der Waals surface area contributed by atoms with Gasteiger partial charge >= 0.3 is 0 Å². The van der Waals surface area contributed by atoms with Crippen molar-refractivity contribution in [1.29, 1.82) is 0 Å². The van der Waals surface area contributed by atoms with Gasteiger partial charge < -0.3 is 24.1 Å². The van der Waals surface area contributed by atoms with Crippen LogP contribution < -0.4 is 25.1 Å². The van der Waals surface area contributed by atoms with Gasteiger partial charge in [-0.15, -0.1) is 0 Å². The van der Waals surface area contributed by atoms with Crippen molar-refractivity contribution in [3.05, 3.63) is 133 Å². The van der Waals surface area contributed by atoms with Crippen molar-refractivity contribution in [1.82, 2.24) is 10.9 Å². The van der Waals surface area contributed by atoms with Gasteiger partial charge in [-0.25, -0.2) is 10.4 Å². The summed E-state index contributed by atoms with van der Waals surface area (Å²) in [6, 6.07) is 24.9. The second kappa shape index (κ2) is 17.1. The summed E-state index contributed by atoms with van der Waals surface area (Å²) in [6.45, 7) is 0.705. The van der Waals surface area contributed by atoms with Crippen molar-refractivity contribution in [3.8, 4) is 17.2 Å². The number of hydrogen-bond donors (Lipinski definition) is 3. The SMILES string of the molecule is COc1ccc(CNNC(=O)[C@@]2(Cc3ccccc3CN=[N+]=[N-])N=C(c3ccc(OCCCO)cc3)O[C@H]2c2ccc(Cl)cc2Cl)cc1OC. The number of amides is 1. The van der Waals surface area contributed by atoms with Gasteiger partial charge in [0.25, 0.3) is 5.91 Å². The average Bonchev–Trinajstić information content (AvgIpc) is 3.51. The second-order valence-electron chi connectivity index (χ2n) is 11.3. The van der Waals surface area contributed by atoms with Crippen LogP contribution in [0.25, 0.3) is 10.4 Å². The summed E-state index contributed by atoms with van der Waals surface area (Å²) in [4.78, 5) is 22.6. The molecule has 2 atom stereocenters. The zero-order chi connectivity index (χ0) is 35.5. The number of halogens is 2. The van der Waals surface area contributed by atoms with Crippen LogP contribution >= 0.6 is 23.2 Å². The van der Waals surface area contributed by atoms with Crippen molar-refractivity contribution in [2.24, 2.45) is 10.1 Å². The molecule has 12 nitrogen and oxygen atoms in total. The molecule has 3 N–H and O–H groups in total. The fourth-order valence-corrected chi connectivity index (χ4v) is 6.09. The monoisotopic (exact) mass is 718 g/mol. The molecule has 0 saturated heterocycles. The molecule has 0 aromatic heterocycles. The number of benzene rings is 4. The van der Waals surface area contributed by atoms with Gasteiger partial charge in [-0.05, 0) is 70.8 Å². The Morgan fingerprint density at radius 2 is 1.78 bits per heavy atom. The van der Waals surface area contributed by atoms with E-state index in [-0.39, 0.29) is 32.0 Å². The van der Waals surface area contributed by atoms with Gasteiger partial charge in [-0.1, -0.05) is 64.7 Å². The highest BCUT2D eigenvalue weighted by molar-refractivity contribution is 6.35. The topological polar surface area (TPSA) is 159 Å². The summed E-state index contributed by atoms with van der Waals surface area (Å²) in [5, 5.41) is 13.6. The lowest BCUT2D eigenvalue weighted by atomic mass is 9.81. The Bertz CT molecular complexity index is 1890. The van der Waals surface area contributed by atoms with Crippen LogP contribution in [0.15, 0.2) is 95.0 Å². The first-order valence-electron chi connectivity index (χ1n) is 15.7. The first-order chi connectivity index (χ1) is 24.3. The average molecular weight is 720 g/mol. The number of hydrazine groups is 1. The molecule has 0 aliphatic carbocycles. The van der Waals surface area contributed by atoms with E-state index in [0.29, 0.717) is 51.4 Å². The van der Waals surface area contributed by atoms with Crippen LogP contribution in [0.5, 0.6) is 17.2 Å². The predicted molar refractivity (Wildman–Crippen MR) is 191 cm³/mol. The molecule has 4 aromatic rings. The number of aliphatic hydroxyl groups is 1. The van der Waals surface area contributed by atoms with E-state index < -0.39 is 17.6 Å². The standard InChI is InChI=1S/C36H36Cl2N6O6/c1-47-31-15-8-23(18-32(31)48-2)21-40-43-35(46)36(20-25-6-3-4-7-26(25)22-41-44-39)33(29-14-11-27(37)19-30(29)38)50-34(42-36)24-9-12-28(13-10-24)49-17-5-16-45/h3-4,6-15,18-19,33,40,45H,5,16-17,20-22H2,1-2H3,(H,43,46)/t33-,36-/m0/s1. The highest BCUT2D eigenvalue weighted by atomic mass is 35.5. The molecule has 0 unspecified atom stereocenters. The molecule has 260 valence electrons. The van der Waals surface area contributed by atoms with E-state index in [1.165, 1.54) is 0 Å². The molecule has 1 aliphatic heterocycles. The van der Waals surface area contributed by atoms with Gasteiger partial charge in [-0.2, -0.15) is 0 Å². The van der Waals surface area contributed by atoms with Crippen molar-refractivity contribution >= 4 is 35.0 Å². The highest BCUT2D eigenvalue weighted by Crippen LogP contribution is 2.45. The highest BCUT2D eigenvalue weighted by Gasteiger charge is 2.54. The molecule has 0 radical (unpaired) electrons. The van der Waals surface area contributed by atoms with E-state index in [1.807, 2.05) is 36.4 Å². The Morgan fingerprint density at radius 1 is 1.02 bits per heavy atom. The van der Waals surface area contributed by atoms with E-state index in [1.54, 1.807) is 62.8 Å². The minimum Gasteiger partial charge on any atom is -0.494 e. The van der Waals surface area contributed by atoms with Gasteiger partial charge in [0.1, 0.15) is 5.75 Å². The third kappa shape index (κ3) is 8.42. The Morgan fingerprint density at radius 3 is 2.48 bits per heavy atom. The van der Waals surface area contributed by atoms with Crippen LogP contribution in [-0.2, 0) is 29.0 Å². The molecule has 1 amide bonds. The quantitative estimate of drug-likeness (QED) is 0.0373. The molecule has 0 bridgehead atoms. The summed E-state index contributed by atoms with van der Waals surface area (Å²) in [7, 11) is 3.11. The molecule has 0 spiro atoms. The number of methoxy groups -OCH3 is 2. The predicted octanol–water partition coefficient (Wildman–Crippen LogP) is 6.90. The number of nitrogens with one attached hydrogen (secondary N) is 2. The Balaban J connectivity index is 1.56. The summed E-state index contributed by atoms with van der Waals surface area (Å²) in [6.07, 6.45) is -0.443. The number of azide groups is 1. The molecule has 14 heteroatoms. The molecule has 0 fully saturated rings. The number of rotatable bonds is 16. The summed E-state index contributed by atoms with van der Waals surface area (Å²) < 4.78 is 23.1. The first kappa shape index (κ1) is 36.3. The lowest BCUT2D eigenvalue weighted by Gasteiger charge is -2.32. The van der Waals surface area contributed by atoms with Crippen molar-refractivity contribution in [2.75, 3.05) is 27.4 Å². The minimum absolute atomic E-state index is 0.0245. The third-order valence-corrected chi connectivity index (χ3v) is 8.66. The number of carbonyl (C=O) groups is 1. The van der Waals surface area contributed by atoms with Crippen LogP contribution in [0.3, 0.4) is 0 Å². The fraction of sp³-hybridized carbons (Fsp3) is 0.278. The van der Waals surface area contributed by atoms with E-state index >= 15 is 0 Å². The van der Waals surface area contributed by atoms with Crippen LogP contribution in [-0.4, -0.2) is 49.9 Å². The molecule has 0 saturated carbocycles. The largest absolute Gasteiger partial charge is 0.494 e. The lowest BCUT2D eigenvalue weighted by molar-refractivity contribution is -0.130.